The molecule has 3 aromatic rings. The second-order valence-corrected chi connectivity index (χ2v) is 8.54. The van der Waals surface area contributed by atoms with Crippen LogP contribution in [0.2, 0.25) is 0 Å². The van der Waals surface area contributed by atoms with Gasteiger partial charge in [0.2, 0.25) is 0 Å². The molecule has 0 bridgehead atoms. The molecule has 0 spiro atoms. The van der Waals surface area contributed by atoms with Gasteiger partial charge in [0.15, 0.2) is 0 Å². The maximum absolute atomic E-state index is 13.4. The first-order valence-electron chi connectivity index (χ1n) is 11.0. The highest BCUT2D eigenvalue weighted by atomic mass is 19.3. The second kappa shape index (κ2) is 8.86. The zero-order valence-corrected chi connectivity index (χ0v) is 18.0. The topological polar surface area (TPSA) is 77.8 Å². The molecule has 4 heterocycles. The summed E-state index contributed by atoms with van der Waals surface area (Å²) >= 11 is 0. The van der Waals surface area contributed by atoms with E-state index in [4.69, 9.17) is 9.47 Å². The summed E-state index contributed by atoms with van der Waals surface area (Å²) in [4.78, 5) is 21.1. The van der Waals surface area contributed by atoms with Gasteiger partial charge in [0.1, 0.15) is 28.5 Å². The maximum atomic E-state index is 13.4. The highest BCUT2D eigenvalue weighted by molar-refractivity contribution is 6.03. The van der Waals surface area contributed by atoms with Crippen LogP contribution in [0.5, 0.6) is 5.75 Å². The molecular weight excluding hydrogens is 456 g/mol. The van der Waals surface area contributed by atoms with Crippen molar-refractivity contribution >= 4 is 17.2 Å². The van der Waals surface area contributed by atoms with Crippen LogP contribution in [0.3, 0.4) is 0 Å². The van der Waals surface area contributed by atoms with E-state index in [0.717, 1.165) is 24.6 Å². The van der Waals surface area contributed by atoms with E-state index in [9.17, 15) is 22.4 Å². The van der Waals surface area contributed by atoms with Crippen molar-refractivity contribution in [3.05, 3.63) is 53.7 Å². The number of nitrogens with zero attached hydrogens (tertiary/aromatic N) is 3. The zero-order valence-electron chi connectivity index (χ0n) is 18.0. The van der Waals surface area contributed by atoms with Crippen LogP contribution >= 0.6 is 0 Å². The Hall–Kier alpha value is -3.21. The number of nitrogens with one attached hydrogen (secondary N) is 1. The van der Waals surface area contributed by atoms with Gasteiger partial charge in [-0.3, -0.25) is 4.79 Å². The van der Waals surface area contributed by atoms with Crippen LogP contribution in [0, 0.1) is 5.92 Å². The predicted octanol–water partition coefficient (Wildman–Crippen LogP) is 4.85. The highest BCUT2D eigenvalue weighted by Crippen LogP contribution is 2.48. The molecule has 2 aliphatic rings. The van der Waals surface area contributed by atoms with Gasteiger partial charge in [-0.15, -0.1) is 0 Å². The van der Waals surface area contributed by atoms with Crippen LogP contribution < -0.4 is 10.1 Å². The third-order valence-corrected chi connectivity index (χ3v) is 6.08. The molecule has 1 atom stereocenters. The van der Waals surface area contributed by atoms with Crippen LogP contribution in [0.15, 0.2) is 36.7 Å². The fourth-order valence-corrected chi connectivity index (χ4v) is 3.97. The maximum Gasteiger partial charge on any atom is 0.280 e. The number of imidazole rings is 1. The molecule has 11 heteroatoms. The molecule has 7 nitrogen and oxygen atoms in total. The average molecular weight is 478 g/mol. The summed E-state index contributed by atoms with van der Waals surface area (Å²) in [6.07, 6.45) is 2.01. The Balaban J connectivity index is 1.44. The van der Waals surface area contributed by atoms with E-state index < -0.39 is 29.9 Å². The number of alkyl halides is 4. The lowest BCUT2D eigenvalue weighted by Crippen LogP contribution is -2.16. The van der Waals surface area contributed by atoms with Gasteiger partial charge >= 0.3 is 0 Å². The van der Waals surface area contributed by atoms with Crippen LogP contribution in [0.4, 0.5) is 23.2 Å². The third-order valence-electron chi connectivity index (χ3n) is 6.08. The summed E-state index contributed by atoms with van der Waals surface area (Å²) in [5.41, 5.74) is 0.867. The van der Waals surface area contributed by atoms with Gasteiger partial charge in [-0.25, -0.2) is 27.5 Å². The molecule has 3 aromatic heterocycles. The number of hydrogen-bond acceptors (Lipinski definition) is 5. The van der Waals surface area contributed by atoms with E-state index in [1.807, 2.05) is 6.20 Å². The first-order chi connectivity index (χ1) is 16.3. The van der Waals surface area contributed by atoms with Crippen molar-refractivity contribution in [3.8, 4) is 5.75 Å². The number of carbonyl (C=O) groups excluding carboxylic acids is 1. The molecular formula is C23H22F4N4O3. The Kier molecular flexibility index (Phi) is 5.88. The Bertz CT molecular complexity index is 1210. The lowest BCUT2D eigenvalue weighted by molar-refractivity contribution is 0.0845. The summed E-state index contributed by atoms with van der Waals surface area (Å²) in [7, 11) is 0. The number of aromatic nitrogens is 3. The molecule has 1 saturated heterocycles. The Labute approximate surface area is 192 Å². The van der Waals surface area contributed by atoms with E-state index in [1.54, 1.807) is 16.7 Å². The summed E-state index contributed by atoms with van der Waals surface area (Å²) < 4.78 is 65.4. The van der Waals surface area contributed by atoms with Crippen molar-refractivity contribution in [2.45, 2.75) is 37.5 Å². The molecule has 1 amide bonds. The van der Waals surface area contributed by atoms with Gasteiger partial charge in [0.05, 0.1) is 18.2 Å². The molecule has 5 rings (SSSR count). The highest BCUT2D eigenvalue weighted by Gasteiger charge is 2.57. The van der Waals surface area contributed by atoms with E-state index in [2.05, 4.69) is 15.3 Å². The minimum absolute atomic E-state index is 0.165. The third kappa shape index (κ3) is 4.70. The van der Waals surface area contributed by atoms with Crippen molar-refractivity contribution in [2.24, 2.45) is 5.92 Å². The van der Waals surface area contributed by atoms with E-state index in [-0.39, 0.29) is 36.1 Å². The fourth-order valence-electron chi connectivity index (χ4n) is 3.97. The normalized spacial score (nSPS) is 20.0. The number of fused-ring (bicyclic) bond motifs is 1. The molecule has 0 radical (unpaired) electrons. The molecule has 1 saturated carbocycles. The predicted molar refractivity (Wildman–Crippen MR) is 114 cm³/mol. The number of amides is 1. The smallest absolute Gasteiger partial charge is 0.280 e. The monoisotopic (exact) mass is 478 g/mol. The molecule has 2 fully saturated rings. The molecule has 1 unspecified atom stereocenters. The number of halogens is 4. The number of carbonyl (C=O) groups is 1. The number of rotatable bonds is 7. The summed E-state index contributed by atoms with van der Waals surface area (Å²) in [6, 6.07) is 5.32. The molecule has 34 heavy (non-hydrogen) atoms. The standard InChI is InChI=1S/C23H22F4N4O3/c24-21(25)15-2-1-3-16(28-15)22(32)30-18-11-31-10-17(13-4-6-33-7-5-13)29-20(31)8-19(18)34-12-14-9-23(14,26)27/h1-3,8,10-11,13-14,21H,4-7,9,12H2,(H,30,32). The average Bonchev–Trinajstić information content (AvgIpc) is 3.24. The van der Waals surface area contributed by atoms with E-state index in [1.165, 1.54) is 12.1 Å². The number of ether oxygens (including phenoxy) is 2. The zero-order chi connectivity index (χ0) is 23.9. The van der Waals surface area contributed by atoms with Gasteiger partial charge in [-0.05, 0) is 25.0 Å². The number of pyridine rings is 2. The quantitative estimate of drug-likeness (QED) is 0.492. The Morgan fingerprint density at radius 2 is 2.00 bits per heavy atom. The van der Waals surface area contributed by atoms with Crippen molar-refractivity contribution in [1.82, 2.24) is 14.4 Å². The second-order valence-electron chi connectivity index (χ2n) is 8.54. The lowest BCUT2D eigenvalue weighted by atomic mass is 9.97. The molecule has 1 aliphatic heterocycles. The van der Waals surface area contributed by atoms with Crippen LogP contribution in [0.1, 0.15) is 53.5 Å². The number of hydrogen-bond donors (Lipinski definition) is 1. The van der Waals surface area contributed by atoms with Crippen molar-refractivity contribution in [2.75, 3.05) is 25.1 Å². The van der Waals surface area contributed by atoms with Crippen LogP contribution in [0.25, 0.3) is 5.65 Å². The minimum atomic E-state index is -2.82. The fraction of sp³-hybridized carbons (Fsp3) is 0.435. The van der Waals surface area contributed by atoms with E-state index >= 15 is 0 Å². The lowest BCUT2D eigenvalue weighted by Gasteiger charge is -2.19. The SMILES string of the molecule is O=C(Nc1cn2cc(C3CCOCC3)nc2cc1OCC1CC1(F)F)c1cccc(C(F)F)n1. The molecule has 180 valence electrons. The Morgan fingerprint density at radius 3 is 2.71 bits per heavy atom. The van der Waals surface area contributed by atoms with Gasteiger partial charge in [-0.1, -0.05) is 6.07 Å². The van der Waals surface area contributed by atoms with Crippen LogP contribution in [-0.2, 0) is 4.74 Å². The summed E-state index contributed by atoms with van der Waals surface area (Å²) in [5.74, 6) is -3.99. The van der Waals surface area contributed by atoms with Gasteiger partial charge in [-0.2, -0.15) is 0 Å². The van der Waals surface area contributed by atoms with Crippen molar-refractivity contribution in [3.63, 3.8) is 0 Å². The number of anilines is 1. The molecule has 0 aromatic carbocycles. The largest absolute Gasteiger partial charge is 0.491 e. The van der Waals surface area contributed by atoms with Crippen molar-refractivity contribution < 1.29 is 31.8 Å². The van der Waals surface area contributed by atoms with Crippen LogP contribution in [-0.4, -0.2) is 46.0 Å². The summed E-state index contributed by atoms with van der Waals surface area (Å²) in [5, 5.41) is 2.61. The van der Waals surface area contributed by atoms with Gasteiger partial charge in [0, 0.05) is 44.0 Å². The first kappa shape index (κ1) is 22.6. The first-order valence-corrected chi connectivity index (χ1v) is 11.0. The van der Waals surface area contributed by atoms with Crippen molar-refractivity contribution in [1.29, 1.82) is 0 Å². The Morgan fingerprint density at radius 1 is 1.24 bits per heavy atom. The van der Waals surface area contributed by atoms with Gasteiger partial charge < -0.3 is 19.2 Å². The molecule has 1 N–H and O–H groups in total. The van der Waals surface area contributed by atoms with Gasteiger partial charge in [0.25, 0.3) is 18.3 Å². The minimum Gasteiger partial charge on any atom is -0.491 e. The summed E-state index contributed by atoms with van der Waals surface area (Å²) in [6.45, 7) is 1.07. The van der Waals surface area contributed by atoms with E-state index in [0.29, 0.717) is 18.9 Å². The molecule has 1 aliphatic carbocycles.